The van der Waals surface area contributed by atoms with Gasteiger partial charge in [0.1, 0.15) is 0 Å². The maximum absolute atomic E-state index is 4.21. The normalized spacial score (nSPS) is 11.2. The van der Waals surface area contributed by atoms with Crippen LogP contribution < -0.4 is 0 Å². The van der Waals surface area contributed by atoms with Crippen LogP contribution in [-0.2, 0) is 7.05 Å². The number of nitrogens with zero attached hydrogens (tertiary/aromatic N) is 4. The highest BCUT2D eigenvalue weighted by molar-refractivity contribution is 5.48. The smallest absolute Gasteiger partial charge is 0.249 e. The summed E-state index contributed by atoms with van der Waals surface area (Å²) in [5.74, 6) is 0.612. The van der Waals surface area contributed by atoms with E-state index in [1.807, 2.05) is 36.9 Å². The van der Waals surface area contributed by atoms with Crippen molar-refractivity contribution in [3.05, 3.63) is 41.7 Å². The summed E-state index contributed by atoms with van der Waals surface area (Å²) in [6, 6.07) is 6.00. The molecule has 4 heteroatoms. The molecule has 1 aromatic heterocycles. The SMILES string of the molecule is Cc1cccc(N=Nc2nccn2C)c1C. The van der Waals surface area contributed by atoms with Crippen molar-refractivity contribution in [3.63, 3.8) is 0 Å². The zero-order valence-corrected chi connectivity index (χ0v) is 9.68. The standard InChI is InChI=1S/C12H14N4/c1-9-5-4-6-11(10(9)2)14-15-12-13-7-8-16(12)3/h4-8H,1-3H3. The van der Waals surface area contributed by atoms with Gasteiger partial charge < -0.3 is 4.57 Å². The Labute approximate surface area is 94.7 Å². The Balaban J connectivity index is 2.31. The zero-order valence-electron chi connectivity index (χ0n) is 9.68. The highest BCUT2D eigenvalue weighted by atomic mass is 15.2. The molecular formula is C12H14N4. The van der Waals surface area contributed by atoms with Crippen molar-refractivity contribution in [1.29, 1.82) is 0 Å². The molecule has 0 N–H and O–H groups in total. The lowest BCUT2D eigenvalue weighted by Crippen LogP contribution is -1.83. The van der Waals surface area contributed by atoms with Gasteiger partial charge in [-0.25, -0.2) is 4.98 Å². The Morgan fingerprint density at radius 3 is 2.69 bits per heavy atom. The molecule has 0 aliphatic carbocycles. The van der Waals surface area contributed by atoms with Crippen LogP contribution in [0.25, 0.3) is 0 Å². The Kier molecular flexibility index (Phi) is 2.81. The van der Waals surface area contributed by atoms with Crippen LogP contribution in [-0.4, -0.2) is 9.55 Å². The second-order valence-electron chi connectivity index (χ2n) is 3.76. The number of benzene rings is 1. The largest absolute Gasteiger partial charge is 0.317 e. The van der Waals surface area contributed by atoms with Crippen molar-refractivity contribution in [2.24, 2.45) is 17.3 Å². The van der Waals surface area contributed by atoms with Crippen LogP contribution in [0.4, 0.5) is 11.6 Å². The minimum Gasteiger partial charge on any atom is -0.317 e. The lowest BCUT2D eigenvalue weighted by atomic mass is 10.1. The molecule has 0 fully saturated rings. The van der Waals surface area contributed by atoms with Gasteiger partial charge >= 0.3 is 0 Å². The number of rotatable bonds is 2. The minimum absolute atomic E-state index is 0.612. The second-order valence-corrected chi connectivity index (χ2v) is 3.76. The van der Waals surface area contributed by atoms with Crippen LogP contribution in [0.2, 0.25) is 0 Å². The number of hydrogen-bond acceptors (Lipinski definition) is 3. The first-order valence-corrected chi connectivity index (χ1v) is 5.14. The van der Waals surface area contributed by atoms with Crippen molar-refractivity contribution in [1.82, 2.24) is 9.55 Å². The Morgan fingerprint density at radius 2 is 2.00 bits per heavy atom. The summed E-state index contributed by atoms with van der Waals surface area (Å²) in [5.41, 5.74) is 3.26. The summed E-state index contributed by atoms with van der Waals surface area (Å²) in [6.45, 7) is 4.11. The molecule has 4 nitrogen and oxygen atoms in total. The average molecular weight is 214 g/mol. The van der Waals surface area contributed by atoms with Crippen LogP contribution in [0.1, 0.15) is 11.1 Å². The predicted molar refractivity (Wildman–Crippen MR) is 63.3 cm³/mol. The zero-order chi connectivity index (χ0) is 11.5. The van der Waals surface area contributed by atoms with Crippen molar-refractivity contribution >= 4 is 11.6 Å². The number of azo groups is 1. The molecule has 2 rings (SSSR count). The molecule has 0 spiro atoms. The Morgan fingerprint density at radius 1 is 1.19 bits per heavy atom. The van der Waals surface area contributed by atoms with E-state index in [2.05, 4.69) is 28.2 Å². The molecule has 0 atom stereocenters. The van der Waals surface area contributed by atoms with Crippen LogP contribution >= 0.6 is 0 Å². The quantitative estimate of drug-likeness (QED) is 0.706. The molecule has 0 radical (unpaired) electrons. The number of hydrogen-bond donors (Lipinski definition) is 0. The van der Waals surface area contributed by atoms with Crippen molar-refractivity contribution in [3.8, 4) is 0 Å². The Bertz CT molecular complexity index is 526. The van der Waals surface area contributed by atoms with Gasteiger partial charge in [-0.05, 0) is 31.0 Å². The molecule has 0 saturated heterocycles. The monoisotopic (exact) mass is 214 g/mol. The van der Waals surface area contributed by atoms with Crippen molar-refractivity contribution in [2.75, 3.05) is 0 Å². The highest BCUT2D eigenvalue weighted by Gasteiger charge is 2.00. The molecule has 1 aromatic carbocycles. The molecule has 0 bridgehead atoms. The summed E-state index contributed by atoms with van der Waals surface area (Å²) in [7, 11) is 1.89. The molecule has 1 heterocycles. The van der Waals surface area contributed by atoms with E-state index in [9.17, 15) is 0 Å². The minimum atomic E-state index is 0.612. The third kappa shape index (κ3) is 2.00. The molecule has 82 valence electrons. The maximum atomic E-state index is 4.21. The van der Waals surface area contributed by atoms with Crippen LogP contribution in [0.15, 0.2) is 40.8 Å². The average Bonchev–Trinajstić information content (AvgIpc) is 2.67. The Hall–Kier alpha value is -1.97. The van der Waals surface area contributed by atoms with E-state index in [-0.39, 0.29) is 0 Å². The summed E-state index contributed by atoms with van der Waals surface area (Å²) < 4.78 is 1.83. The van der Waals surface area contributed by atoms with Crippen LogP contribution in [0.5, 0.6) is 0 Å². The molecule has 0 aliphatic heterocycles. The number of aryl methyl sites for hydroxylation is 2. The van der Waals surface area contributed by atoms with Gasteiger partial charge in [-0.1, -0.05) is 12.1 Å². The van der Waals surface area contributed by atoms with Gasteiger partial charge in [0.15, 0.2) is 0 Å². The van der Waals surface area contributed by atoms with Gasteiger partial charge in [0.2, 0.25) is 5.95 Å². The highest BCUT2D eigenvalue weighted by Crippen LogP contribution is 2.23. The van der Waals surface area contributed by atoms with E-state index in [0.29, 0.717) is 5.95 Å². The lowest BCUT2D eigenvalue weighted by Gasteiger charge is -2.01. The maximum Gasteiger partial charge on any atom is 0.249 e. The molecule has 16 heavy (non-hydrogen) atoms. The van der Waals surface area contributed by atoms with Gasteiger partial charge in [0.25, 0.3) is 0 Å². The van der Waals surface area contributed by atoms with Crippen LogP contribution in [0, 0.1) is 13.8 Å². The fourth-order valence-corrected chi connectivity index (χ4v) is 1.40. The molecule has 0 amide bonds. The fraction of sp³-hybridized carbons (Fsp3) is 0.250. The van der Waals surface area contributed by atoms with E-state index in [1.165, 1.54) is 5.56 Å². The van der Waals surface area contributed by atoms with E-state index in [4.69, 9.17) is 0 Å². The topological polar surface area (TPSA) is 42.5 Å². The molecule has 0 unspecified atom stereocenters. The van der Waals surface area contributed by atoms with Gasteiger partial charge in [-0.2, -0.15) is 0 Å². The number of aromatic nitrogens is 2. The van der Waals surface area contributed by atoms with E-state index in [1.54, 1.807) is 6.20 Å². The second kappa shape index (κ2) is 4.26. The van der Waals surface area contributed by atoms with Gasteiger partial charge in [-0.3, -0.25) is 0 Å². The summed E-state index contributed by atoms with van der Waals surface area (Å²) >= 11 is 0. The van der Waals surface area contributed by atoms with Gasteiger partial charge in [0.05, 0.1) is 5.69 Å². The summed E-state index contributed by atoms with van der Waals surface area (Å²) in [6.07, 6.45) is 3.55. The first-order valence-electron chi connectivity index (χ1n) is 5.14. The summed E-state index contributed by atoms with van der Waals surface area (Å²) in [4.78, 5) is 4.09. The third-order valence-electron chi connectivity index (χ3n) is 2.62. The molecule has 0 saturated carbocycles. The van der Waals surface area contributed by atoms with E-state index < -0.39 is 0 Å². The van der Waals surface area contributed by atoms with Crippen molar-refractivity contribution in [2.45, 2.75) is 13.8 Å². The van der Waals surface area contributed by atoms with Gasteiger partial charge in [-0.15, -0.1) is 10.2 Å². The molecule has 0 aliphatic rings. The fourth-order valence-electron chi connectivity index (χ4n) is 1.40. The first-order chi connectivity index (χ1) is 7.68. The number of imidazole rings is 1. The van der Waals surface area contributed by atoms with Crippen LogP contribution in [0.3, 0.4) is 0 Å². The van der Waals surface area contributed by atoms with Gasteiger partial charge in [0, 0.05) is 19.4 Å². The summed E-state index contributed by atoms with van der Waals surface area (Å²) in [5, 5.41) is 8.33. The first kappa shape index (κ1) is 10.5. The third-order valence-corrected chi connectivity index (χ3v) is 2.62. The molecule has 2 aromatic rings. The lowest BCUT2D eigenvalue weighted by molar-refractivity contribution is 0.892. The van der Waals surface area contributed by atoms with E-state index in [0.717, 1.165) is 11.3 Å². The predicted octanol–water partition coefficient (Wildman–Crippen LogP) is 3.45. The molecular weight excluding hydrogens is 200 g/mol. The van der Waals surface area contributed by atoms with E-state index >= 15 is 0 Å². The van der Waals surface area contributed by atoms with Crippen molar-refractivity contribution < 1.29 is 0 Å².